The maximum Gasteiger partial charge on any atom is 0.534 e. The number of primary amides is 1. The topological polar surface area (TPSA) is 289 Å². The third-order valence-corrected chi connectivity index (χ3v) is 19.8. The molecule has 5 aromatic heterocycles. The molecule has 0 radical (unpaired) electrons. The Labute approximate surface area is 648 Å². The van der Waals surface area contributed by atoms with E-state index in [1.54, 1.807) is 66.1 Å². The van der Waals surface area contributed by atoms with Crippen LogP contribution in [0.4, 0.5) is 37.8 Å². The number of methoxy groups -OCH3 is 2. The zero-order chi connectivity index (χ0) is 78.9. The van der Waals surface area contributed by atoms with Gasteiger partial charge in [-0.3, -0.25) is 51.6 Å². The van der Waals surface area contributed by atoms with Gasteiger partial charge in [-0.1, -0.05) is 60.7 Å². The van der Waals surface area contributed by atoms with Crippen LogP contribution in [0.2, 0.25) is 0 Å². The molecule has 0 spiro atoms. The van der Waals surface area contributed by atoms with Crippen LogP contribution < -0.4 is 73.4 Å². The number of amides is 1. The quantitative estimate of drug-likeness (QED) is 0.0371. The lowest BCUT2D eigenvalue weighted by molar-refractivity contribution is -0.0499. The summed E-state index contributed by atoms with van der Waals surface area (Å²) in [5, 5.41) is 1.91. The number of benzene rings is 7. The highest BCUT2D eigenvalue weighted by Crippen LogP contribution is 2.37. The van der Waals surface area contributed by atoms with E-state index in [1.165, 1.54) is 92.5 Å². The summed E-state index contributed by atoms with van der Waals surface area (Å²) in [5.41, 5.74) is -3.30. The number of carbonyl (C=O) groups excluding carboxylic acids is 1. The molecule has 5 heterocycles. The van der Waals surface area contributed by atoms with Gasteiger partial charge in [0.2, 0.25) is 0 Å². The van der Waals surface area contributed by atoms with Gasteiger partial charge in [-0.15, -0.1) is 0 Å². The van der Waals surface area contributed by atoms with E-state index in [9.17, 15) is 64.3 Å². The number of hydrogen-bond donors (Lipinski definition) is 2. The summed E-state index contributed by atoms with van der Waals surface area (Å²) in [6.07, 6.45) is 0. The summed E-state index contributed by atoms with van der Waals surface area (Å²) in [4.78, 5) is 106. The molecule has 12 rings (SSSR count). The van der Waals surface area contributed by atoms with Crippen LogP contribution in [0, 0.1) is 55.9 Å². The molecule has 0 aliphatic rings. The van der Waals surface area contributed by atoms with Crippen LogP contribution in [0.15, 0.2) is 191 Å². The molecular formula is C74H60F6I3N9O15S. The lowest BCUT2D eigenvalue weighted by Crippen LogP contribution is -2.42. The Hall–Kier alpha value is -10.7. The number of nitrogens with one attached hydrogen (secondary N) is 1. The number of anilines is 2. The normalized spacial score (nSPS) is 11.4. The molecule has 0 bridgehead atoms. The molecule has 0 aliphatic heterocycles. The van der Waals surface area contributed by atoms with Gasteiger partial charge >= 0.3 is 27.0 Å². The number of nitrogens with two attached hydrogens (primary N) is 1. The summed E-state index contributed by atoms with van der Waals surface area (Å²) in [7, 11) is 0.578. The number of para-hydroxylation sites is 2. The summed E-state index contributed by atoms with van der Waals surface area (Å²) < 4.78 is 143. The third kappa shape index (κ3) is 16.5. The highest BCUT2D eigenvalue weighted by atomic mass is 127. The summed E-state index contributed by atoms with van der Waals surface area (Å²) in [6, 6.07) is 39.4. The fraction of sp³-hybridized carbons (Fsp3) is 0.162. The highest BCUT2D eigenvalue weighted by molar-refractivity contribution is 14.1. The van der Waals surface area contributed by atoms with Crippen molar-refractivity contribution in [3.8, 4) is 51.6 Å². The number of pyridine rings is 3. The zero-order valence-corrected chi connectivity index (χ0v) is 65.4. The number of carbonyl (C=O) groups is 1. The van der Waals surface area contributed by atoms with Crippen molar-refractivity contribution in [2.75, 3.05) is 19.5 Å². The van der Waals surface area contributed by atoms with Crippen LogP contribution in [0.3, 0.4) is 0 Å². The maximum absolute atomic E-state index is 15.4. The number of aromatic nitrogens is 7. The van der Waals surface area contributed by atoms with Gasteiger partial charge in [-0.2, -0.15) is 21.6 Å². The van der Waals surface area contributed by atoms with E-state index >= 15 is 8.78 Å². The number of aryl methyl sites for hydroxylation is 6. The number of nitrogens with zero attached hydrogens (tertiary/aromatic N) is 7. The number of alkyl halides is 3. The van der Waals surface area contributed by atoms with E-state index in [1.807, 2.05) is 109 Å². The van der Waals surface area contributed by atoms with Gasteiger partial charge in [0.15, 0.2) is 5.75 Å². The first-order valence-corrected chi connectivity index (χ1v) is 36.3. The average Bonchev–Trinajstić information content (AvgIpc) is 0.732. The van der Waals surface area contributed by atoms with Crippen LogP contribution in [-0.4, -0.2) is 66.0 Å². The van der Waals surface area contributed by atoms with Gasteiger partial charge in [0.05, 0.1) is 44.4 Å². The average molecular weight is 1840 g/mol. The van der Waals surface area contributed by atoms with Gasteiger partial charge in [0.1, 0.15) is 85.4 Å². The van der Waals surface area contributed by atoms with Crippen molar-refractivity contribution in [3.63, 3.8) is 0 Å². The molecule has 7 aromatic carbocycles. The first kappa shape index (κ1) is 79.8. The predicted octanol–water partition coefficient (Wildman–Crippen LogP) is 12.3. The number of hydrogen-bond acceptors (Lipinski definition) is 16. The smallest absolute Gasteiger partial charge is 0.497 e. The van der Waals surface area contributed by atoms with Crippen molar-refractivity contribution in [1.29, 1.82) is 0 Å². The molecule has 12 aromatic rings. The van der Waals surface area contributed by atoms with Crippen molar-refractivity contribution in [2.24, 2.45) is 26.9 Å². The van der Waals surface area contributed by atoms with E-state index in [2.05, 4.69) is 9.50 Å². The van der Waals surface area contributed by atoms with Crippen molar-refractivity contribution in [1.82, 2.24) is 32.0 Å². The molecule has 1 amide bonds. The zero-order valence-electron chi connectivity index (χ0n) is 58.1. The van der Waals surface area contributed by atoms with Crippen LogP contribution in [0.25, 0.3) is 33.4 Å². The van der Waals surface area contributed by atoms with Crippen molar-refractivity contribution < 1.29 is 62.7 Å². The lowest BCUT2D eigenvalue weighted by atomic mass is 10.1. The second kappa shape index (κ2) is 32.4. The Bertz CT molecular complexity index is 6160. The van der Waals surface area contributed by atoms with Gasteiger partial charge in [0.25, 0.3) is 33.7 Å². The second-order valence-corrected chi connectivity index (χ2v) is 29.3. The molecule has 560 valence electrons. The Morgan fingerprint density at radius 1 is 0.500 bits per heavy atom. The molecule has 3 N–H and O–H groups in total. The predicted molar refractivity (Wildman–Crippen MR) is 418 cm³/mol. The van der Waals surface area contributed by atoms with Gasteiger partial charge < -0.3 is 34.2 Å². The molecule has 0 unspecified atom stereocenters. The minimum atomic E-state index is -6.34. The number of halogens is 9. The molecule has 0 aliphatic carbocycles. The molecule has 0 atom stereocenters. The molecule has 0 saturated heterocycles. The largest absolute Gasteiger partial charge is 0.534 e. The molecular weight excluding hydrogens is 1780 g/mol. The summed E-state index contributed by atoms with van der Waals surface area (Å²) in [6.45, 7) is 6.85. The summed E-state index contributed by atoms with van der Waals surface area (Å²) in [5.74, 6) is -2.17. The minimum absolute atomic E-state index is 0.00594. The van der Waals surface area contributed by atoms with Crippen LogP contribution >= 0.6 is 67.8 Å². The third-order valence-electron chi connectivity index (χ3n) is 16.8. The molecule has 34 heteroatoms. The molecule has 0 fully saturated rings. The van der Waals surface area contributed by atoms with Crippen LogP contribution in [-0.2, 0) is 44.4 Å². The fourth-order valence-electron chi connectivity index (χ4n) is 11.3. The monoisotopic (exact) mass is 1840 g/mol. The van der Waals surface area contributed by atoms with Crippen LogP contribution in [0.1, 0.15) is 43.7 Å². The van der Waals surface area contributed by atoms with E-state index in [0.717, 1.165) is 55.1 Å². The van der Waals surface area contributed by atoms with Crippen molar-refractivity contribution >= 4 is 117 Å². The van der Waals surface area contributed by atoms with Crippen LogP contribution in [0.5, 0.6) is 40.2 Å². The minimum Gasteiger partial charge on any atom is -0.497 e. The molecule has 0 saturated carbocycles. The Morgan fingerprint density at radius 2 is 0.870 bits per heavy atom. The SMILES string of the molecule is COc1ccc(Cn2c(=O)c3c(OS(=O)(=O)C(F)(F)F)cc(=O)n(C)c3n(-c3ccc(I)cc3F)c2=O)cc1.COc1ccc(Cn2c(=O)c3c(Oc4c(C)cccc4C)cc(=O)n(C)c3n(-c3ccc(I)cc3F)c2=O)cc1.Cc1cccc(C)c1Oc1cc(=O)n(C)c(Nc2ccc(I)cc2F)c1C(N)=O. The highest BCUT2D eigenvalue weighted by Gasteiger charge is 2.49. The Morgan fingerprint density at radius 3 is 1.26 bits per heavy atom. The Kier molecular flexibility index (Phi) is 23.9. The number of fused-ring (bicyclic) bond motifs is 2. The van der Waals surface area contributed by atoms with Crippen molar-refractivity contribution in [3.05, 3.63) is 298 Å². The van der Waals surface area contributed by atoms with Gasteiger partial charge in [-0.05, 0) is 208 Å². The fourth-order valence-corrected chi connectivity index (χ4v) is 13.1. The van der Waals surface area contributed by atoms with Gasteiger partial charge in [0, 0.05) is 50.1 Å². The van der Waals surface area contributed by atoms with E-state index in [0.29, 0.717) is 64.6 Å². The van der Waals surface area contributed by atoms with E-state index in [4.69, 9.17) is 24.7 Å². The van der Waals surface area contributed by atoms with E-state index < -0.39 is 107 Å². The number of rotatable bonds is 17. The second-order valence-electron chi connectivity index (χ2n) is 24.0. The van der Waals surface area contributed by atoms with E-state index in [-0.39, 0.29) is 51.8 Å². The standard InChI is InChI=1S/C30H25FIN3O5.C23H16F4IN3O7S.C21H19FIN3O3/c1-17-6-5-7-18(2)27(17)40-24-15-25(36)33(3)28-26(24)29(37)34(16-19-8-11-21(39-4)12-9-19)30(38)35(28)23-13-10-20(32)14-22(23)31;1-29-18(32)10-17(38-39(35,36)23(25,26)27)19-20(29)31(16-8-5-13(28)9-15(16)24)22(34)30(21(19)33)11-12-3-6-14(37-2)7-4-12;1-11-5-4-6-12(2)19(11)29-16-10-17(27)26(3)21(18(16)20(24)28)25-15-8-7-13(23)9-14(15)22/h5-15H,16H2,1-4H3;3-10H,11H2,1-2H3;4-10,25H,1-3H3,(H2,24,28). The first-order valence-electron chi connectivity index (χ1n) is 31.7. The molecule has 24 nitrogen and oxygen atoms in total. The number of ether oxygens (including phenoxy) is 4. The summed E-state index contributed by atoms with van der Waals surface area (Å²) >= 11 is 5.76. The first-order chi connectivity index (χ1) is 50.9. The van der Waals surface area contributed by atoms with Crippen molar-refractivity contribution in [2.45, 2.75) is 46.3 Å². The molecule has 108 heavy (non-hydrogen) atoms. The maximum atomic E-state index is 15.4. The lowest BCUT2D eigenvalue weighted by Gasteiger charge is -2.19. The van der Waals surface area contributed by atoms with Gasteiger partial charge in [-0.25, -0.2) is 31.9 Å². The Balaban J connectivity index is 0.000000175.